The predicted molar refractivity (Wildman–Crippen MR) is 75.6 cm³/mol. The zero-order valence-electron chi connectivity index (χ0n) is 11.8. The number of rotatable bonds is 3. The van der Waals surface area contributed by atoms with Crippen LogP contribution in [0.4, 0.5) is 0 Å². The minimum Gasteiger partial charge on any atom is -0.392 e. The van der Waals surface area contributed by atoms with Gasteiger partial charge in [-0.3, -0.25) is 4.68 Å². The number of hydrogen-bond acceptors (Lipinski definition) is 5. The van der Waals surface area contributed by atoms with Gasteiger partial charge in [0.05, 0.1) is 12.3 Å². The smallest absolute Gasteiger partial charge is 0.197 e. The molecule has 6 nitrogen and oxygen atoms in total. The standard InChI is InChI=1S/C13H19N5OS/c1-9-10(8-19)12(17(2)16-9)20-13-15-14-11-6-4-3-5-7-18(11)13/h19H,3-8H2,1-2H3. The van der Waals surface area contributed by atoms with E-state index in [1.165, 1.54) is 19.3 Å². The minimum absolute atomic E-state index is 0.00298. The second-order valence-electron chi connectivity index (χ2n) is 5.11. The number of aliphatic hydroxyl groups is 1. The highest BCUT2D eigenvalue weighted by Crippen LogP contribution is 2.32. The molecule has 3 rings (SSSR count). The fourth-order valence-electron chi connectivity index (χ4n) is 2.61. The fraction of sp³-hybridized carbons (Fsp3) is 0.615. The van der Waals surface area contributed by atoms with Gasteiger partial charge < -0.3 is 9.67 Å². The van der Waals surface area contributed by atoms with Crippen molar-refractivity contribution in [3.8, 4) is 0 Å². The molecule has 0 atom stereocenters. The summed E-state index contributed by atoms with van der Waals surface area (Å²) in [5.41, 5.74) is 1.75. The van der Waals surface area contributed by atoms with E-state index in [-0.39, 0.29) is 6.61 Å². The van der Waals surface area contributed by atoms with Gasteiger partial charge in [0.2, 0.25) is 0 Å². The zero-order chi connectivity index (χ0) is 14.1. The largest absolute Gasteiger partial charge is 0.392 e. The van der Waals surface area contributed by atoms with Crippen molar-refractivity contribution in [1.29, 1.82) is 0 Å². The third-order valence-corrected chi connectivity index (χ3v) is 4.90. The second kappa shape index (κ2) is 5.57. The van der Waals surface area contributed by atoms with Crippen molar-refractivity contribution in [2.24, 2.45) is 7.05 Å². The minimum atomic E-state index is 0.00298. The van der Waals surface area contributed by atoms with Gasteiger partial charge in [-0.1, -0.05) is 6.42 Å². The van der Waals surface area contributed by atoms with Gasteiger partial charge in [0.15, 0.2) is 5.16 Å². The van der Waals surface area contributed by atoms with Crippen molar-refractivity contribution in [2.45, 2.75) is 55.9 Å². The van der Waals surface area contributed by atoms with Gasteiger partial charge in [-0.25, -0.2) is 0 Å². The summed E-state index contributed by atoms with van der Waals surface area (Å²) in [4.78, 5) is 0. The lowest BCUT2D eigenvalue weighted by molar-refractivity contribution is 0.277. The molecular formula is C13H19N5OS. The van der Waals surface area contributed by atoms with Crippen LogP contribution in [-0.2, 0) is 26.6 Å². The first-order valence-electron chi connectivity index (χ1n) is 6.94. The molecule has 2 aromatic heterocycles. The van der Waals surface area contributed by atoms with Gasteiger partial charge in [0, 0.05) is 25.6 Å². The molecule has 20 heavy (non-hydrogen) atoms. The maximum absolute atomic E-state index is 9.52. The van der Waals surface area contributed by atoms with Gasteiger partial charge in [-0.05, 0) is 31.5 Å². The Hall–Kier alpha value is -1.34. The number of hydrogen-bond donors (Lipinski definition) is 1. The van der Waals surface area contributed by atoms with E-state index in [1.807, 2.05) is 18.7 Å². The molecule has 0 amide bonds. The van der Waals surface area contributed by atoms with Crippen LogP contribution >= 0.6 is 11.8 Å². The lowest BCUT2D eigenvalue weighted by Gasteiger charge is -2.07. The van der Waals surface area contributed by atoms with Crippen LogP contribution < -0.4 is 0 Å². The van der Waals surface area contributed by atoms with Gasteiger partial charge in [0.1, 0.15) is 10.9 Å². The lowest BCUT2D eigenvalue weighted by atomic mass is 10.2. The molecule has 0 saturated carbocycles. The molecule has 0 bridgehead atoms. The number of nitrogens with zero attached hydrogens (tertiary/aromatic N) is 5. The third-order valence-electron chi connectivity index (χ3n) is 3.71. The summed E-state index contributed by atoms with van der Waals surface area (Å²) >= 11 is 1.55. The summed E-state index contributed by atoms with van der Waals surface area (Å²) in [6, 6.07) is 0. The Labute approximate surface area is 122 Å². The molecule has 0 radical (unpaired) electrons. The molecule has 0 unspecified atom stereocenters. The Morgan fingerprint density at radius 1 is 1.25 bits per heavy atom. The van der Waals surface area contributed by atoms with E-state index in [1.54, 1.807) is 11.8 Å². The van der Waals surface area contributed by atoms with E-state index < -0.39 is 0 Å². The van der Waals surface area contributed by atoms with Crippen molar-refractivity contribution >= 4 is 11.8 Å². The van der Waals surface area contributed by atoms with Crippen LogP contribution in [0.25, 0.3) is 0 Å². The molecule has 0 aliphatic carbocycles. The summed E-state index contributed by atoms with van der Waals surface area (Å²) < 4.78 is 4.02. The van der Waals surface area contributed by atoms with Crippen LogP contribution in [0.2, 0.25) is 0 Å². The summed E-state index contributed by atoms with van der Waals surface area (Å²) in [5.74, 6) is 1.08. The van der Waals surface area contributed by atoms with E-state index in [4.69, 9.17) is 0 Å². The van der Waals surface area contributed by atoms with E-state index in [0.29, 0.717) is 0 Å². The monoisotopic (exact) mass is 293 g/mol. The number of fused-ring (bicyclic) bond motifs is 1. The highest BCUT2D eigenvalue weighted by atomic mass is 32.2. The first-order valence-corrected chi connectivity index (χ1v) is 7.75. The second-order valence-corrected chi connectivity index (χ2v) is 6.07. The Morgan fingerprint density at radius 2 is 2.10 bits per heavy atom. The molecule has 3 heterocycles. The quantitative estimate of drug-likeness (QED) is 0.932. The average molecular weight is 293 g/mol. The van der Waals surface area contributed by atoms with Crippen molar-refractivity contribution in [3.63, 3.8) is 0 Å². The molecule has 1 aliphatic rings. The molecule has 108 valence electrons. The third kappa shape index (κ3) is 2.35. The fourth-order valence-corrected chi connectivity index (χ4v) is 3.68. The van der Waals surface area contributed by atoms with Crippen LogP contribution in [0, 0.1) is 6.92 Å². The van der Waals surface area contributed by atoms with E-state index in [9.17, 15) is 5.11 Å². The highest BCUT2D eigenvalue weighted by molar-refractivity contribution is 7.99. The van der Waals surface area contributed by atoms with Crippen LogP contribution in [-0.4, -0.2) is 29.7 Å². The van der Waals surface area contributed by atoms with E-state index in [2.05, 4.69) is 19.9 Å². The van der Waals surface area contributed by atoms with Crippen LogP contribution in [0.3, 0.4) is 0 Å². The zero-order valence-corrected chi connectivity index (χ0v) is 12.7. The Bertz CT molecular complexity index is 619. The average Bonchev–Trinajstić information content (AvgIpc) is 2.81. The number of aromatic nitrogens is 5. The van der Waals surface area contributed by atoms with Crippen LogP contribution in [0.5, 0.6) is 0 Å². The summed E-state index contributed by atoms with van der Waals surface area (Å²) in [6.07, 6.45) is 4.62. The predicted octanol–water partition coefficient (Wildman–Crippen LogP) is 1.69. The summed E-state index contributed by atoms with van der Waals surface area (Å²) in [7, 11) is 1.90. The highest BCUT2D eigenvalue weighted by Gasteiger charge is 2.20. The maximum Gasteiger partial charge on any atom is 0.197 e. The summed E-state index contributed by atoms with van der Waals surface area (Å²) in [5, 5.41) is 24.4. The van der Waals surface area contributed by atoms with Gasteiger partial charge in [0.25, 0.3) is 0 Å². The molecule has 7 heteroatoms. The van der Waals surface area contributed by atoms with Gasteiger partial charge in [-0.2, -0.15) is 5.10 Å². The first kappa shape index (κ1) is 13.6. The van der Waals surface area contributed by atoms with Crippen molar-refractivity contribution in [2.75, 3.05) is 0 Å². The van der Waals surface area contributed by atoms with Crippen molar-refractivity contribution in [3.05, 3.63) is 17.1 Å². The molecule has 0 spiro atoms. The molecule has 0 saturated heterocycles. The van der Waals surface area contributed by atoms with E-state index >= 15 is 0 Å². The summed E-state index contributed by atoms with van der Waals surface area (Å²) in [6.45, 7) is 2.90. The number of aryl methyl sites for hydroxylation is 3. The maximum atomic E-state index is 9.52. The number of aliphatic hydroxyl groups excluding tert-OH is 1. The molecule has 0 fully saturated rings. The first-order chi connectivity index (χ1) is 9.70. The molecule has 0 aromatic carbocycles. The Balaban J connectivity index is 1.94. The van der Waals surface area contributed by atoms with Gasteiger partial charge in [-0.15, -0.1) is 10.2 Å². The Morgan fingerprint density at radius 3 is 2.90 bits per heavy atom. The molecule has 2 aromatic rings. The molecule has 1 aliphatic heterocycles. The van der Waals surface area contributed by atoms with Crippen LogP contribution in [0.15, 0.2) is 10.2 Å². The van der Waals surface area contributed by atoms with E-state index in [0.717, 1.165) is 40.2 Å². The topological polar surface area (TPSA) is 68.8 Å². The van der Waals surface area contributed by atoms with Crippen molar-refractivity contribution < 1.29 is 5.11 Å². The van der Waals surface area contributed by atoms with Crippen molar-refractivity contribution in [1.82, 2.24) is 24.5 Å². The lowest BCUT2D eigenvalue weighted by Crippen LogP contribution is -2.03. The molecular weight excluding hydrogens is 274 g/mol. The van der Waals surface area contributed by atoms with Gasteiger partial charge >= 0.3 is 0 Å². The Kier molecular flexibility index (Phi) is 3.80. The van der Waals surface area contributed by atoms with Crippen LogP contribution in [0.1, 0.15) is 36.3 Å². The normalized spacial score (nSPS) is 15.2. The molecule has 1 N–H and O–H groups in total. The SMILES string of the molecule is Cc1nn(C)c(Sc2nnc3n2CCCCC3)c1CO.